The number of benzene rings is 2. The molecule has 0 aliphatic rings. The van der Waals surface area contributed by atoms with E-state index in [0.717, 1.165) is 22.9 Å². The molecule has 0 radical (unpaired) electrons. The van der Waals surface area contributed by atoms with Gasteiger partial charge in [0.2, 0.25) is 0 Å². The SMILES string of the molecule is C=CN=C(NN(c1ccccc1)c1ccccc1)/C(=C\CC)N(C)O. The minimum atomic E-state index is 0.495. The molecule has 0 bridgehead atoms. The second-order valence-corrected chi connectivity index (χ2v) is 5.30. The number of aliphatic imine (C=N–C) groups is 1. The number of likely N-dealkylation sites (N-methyl/N-ethyl adjacent to an activating group) is 1. The summed E-state index contributed by atoms with van der Waals surface area (Å²) in [5.74, 6) is 0.495. The van der Waals surface area contributed by atoms with Crippen LogP contribution in [0.4, 0.5) is 11.4 Å². The summed E-state index contributed by atoms with van der Waals surface area (Å²) >= 11 is 0. The second kappa shape index (κ2) is 9.30. The number of para-hydroxylation sites is 2. The molecule has 2 aromatic rings. The first-order valence-corrected chi connectivity index (χ1v) is 8.16. The lowest BCUT2D eigenvalue weighted by Gasteiger charge is -2.29. The molecule has 0 amide bonds. The summed E-state index contributed by atoms with van der Waals surface area (Å²) in [4.78, 5) is 4.31. The molecule has 130 valence electrons. The lowest BCUT2D eigenvalue weighted by Crippen LogP contribution is -2.42. The Balaban J connectivity index is 2.45. The number of hydrazine groups is 1. The number of nitrogens with zero attached hydrogens (tertiary/aromatic N) is 3. The Morgan fingerprint density at radius 1 is 1.08 bits per heavy atom. The van der Waals surface area contributed by atoms with Gasteiger partial charge in [0.1, 0.15) is 5.70 Å². The molecule has 0 atom stereocenters. The van der Waals surface area contributed by atoms with Crippen LogP contribution < -0.4 is 10.4 Å². The van der Waals surface area contributed by atoms with E-state index in [-0.39, 0.29) is 0 Å². The summed E-state index contributed by atoms with van der Waals surface area (Å²) in [6.07, 6.45) is 4.10. The average Bonchev–Trinajstić information content (AvgIpc) is 2.64. The molecule has 0 saturated carbocycles. The fourth-order valence-corrected chi connectivity index (χ4v) is 2.36. The van der Waals surface area contributed by atoms with Gasteiger partial charge in [0.05, 0.1) is 11.4 Å². The third kappa shape index (κ3) is 4.96. The van der Waals surface area contributed by atoms with Crippen LogP contribution in [-0.4, -0.2) is 23.2 Å². The van der Waals surface area contributed by atoms with E-state index < -0.39 is 0 Å². The molecule has 0 aromatic heterocycles. The van der Waals surface area contributed by atoms with Crippen molar-refractivity contribution in [1.82, 2.24) is 10.5 Å². The van der Waals surface area contributed by atoms with E-state index in [2.05, 4.69) is 17.0 Å². The number of hydroxylamine groups is 2. The van der Waals surface area contributed by atoms with Crippen molar-refractivity contribution in [2.45, 2.75) is 13.3 Å². The normalized spacial score (nSPS) is 11.8. The van der Waals surface area contributed by atoms with Crippen molar-refractivity contribution in [3.63, 3.8) is 0 Å². The molecule has 0 aliphatic heterocycles. The molecule has 0 spiro atoms. The standard InChI is InChI=1S/C20H24N4O/c1-4-12-19(23(3)25)20(21-5-2)22-24(17-13-8-6-9-14-17)18-15-10-7-11-16-18/h5-16,25H,2,4H2,1,3H3,(H,21,22)/b19-12+. The van der Waals surface area contributed by atoms with Gasteiger partial charge in [0.15, 0.2) is 5.84 Å². The highest BCUT2D eigenvalue weighted by molar-refractivity contribution is 5.99. The Morgan fingerprint density at radius 3 is 2.00 bits per heavy atom. The Morgan fingerprint density at radius 2 is 1.60 bits per heavy atom. The average molecular weight is 336 g/mol. The number of anilines is 2. The highest BCUT2D eigenvalue weighted by atomic mass is 16.5. The third-order valence-corrected chi connectivity index (χ3v) is 3.46. The van der Waals surface area contributed by atoms with Crippen LogP contribution in [0.5, 0.6) is 0 Å². The van der Waals surface area contributed by atoms with Gasteiger partial charge < -0.3 is 0 Å². The number of hydrogen-bond donors (Lipinski definition) is 2. The zero-order valence-electron chi connectivity index (χ0n) is 14.6. The largest absolute Gasteiger partial charge is 0.289 e. The molecule has 5 heteroatoms. The van der Waals surface area contributed by atoms with E-state index in [9.17, 15) is 5.21 Å². The molecule has 0 fully saturated rings. The topological polar surface area (TPSA) is 51.1 Å². The monoisotopic (exact) mass is 336 g/mol. The highest BCUT2D eigenvalue weighted by Crippen LogP contribution is 2.23. The van der Waals surface area contributed by atoms with Crippen LogP contribution in [-0.2, 0) is 0 Å². The maximum atomic E-state index is 9.99. The summed E-state index contributed by atoms with van der Waals surface area (Å²) < 4.78 is 0. The maximum absolute atomic E-state index is 9.99. The summed E-state index contributed by atoms with van der Waals surface area (Å²) in [5, 5.41) is 12.9. The van der Waals surface area contributed by atoms with E-state index in [0.29, 0.717) is 11.5 Å². The van der Waals surface area contributed by atoms with E-state index in [4.69, 9.17) is 0 Å². The van der Waals surface area contributed by atoms with E-state index in [1.807, 2.05) is 78.7 Å². The summed E-state index contributed by atoms with van der Waals surface area (Å²) in [5.41, 5.74) is 5.76. The van der Waals surface area contributed by atoms with Crippen LogP contribution in [0.15, 0.2) is 90.2 Å². The quantitative estimate of drug-likeness (QED) is 0.444. The van der Waals surface area contributed by atoms with Gasteiger partial charge in [-0.25, -0.2) is 4.99 Å². The van der Waals surface area contributed by atoms with Gasteiger partial charge >= 0.3 is 0 Å². The molecule has 2 rings (SSSR count). The Kier molecular flexibility index (Phi) is 6.80. The molecule has 2 N–H and O–H groups in total. The first-order chi connectivity index (χ1) is 12.2. The van der Waals surface area contributed by atoms with E-state index in [1.54, 1.807) is 7.05 Å². The number of rotatable bonds is 7. The first-order valence-electron chi connectivity index (χ1n) is 8.16. The molecular formula is C20H24N4O. The van der Waals surface area contributed by atoms with Crippen LogP contribution in [0.3, 0.4) is 0 Å². The van der Waals surface area contributed by atoms with Crippen LogP contribution in [0.1, 0.15) is 13.3 Å². The highest BCUT2D eigenvalue weighted by Gasteiger charge is 2.16. The predicted octanol–water partition coefficient (Wildman–Crippen LogP) is 4.49. The van der Waals surface area contributed by atoms with Gasteiger partial charge in [-0.15, -0.1) is 0 Å². The zero-order chi connectivity index (χ0) is 18.1. The van der Waals surface area contributed by atoms with Crippen molar-refractivity contribution >= 4 is 17.2 Å². The lowest BCUT2D eigenvalue weighted by molar-refractivity contribution is -0.0216. The van der Waals surface area contributed by atoms with Gasteiger partial charge in [-0.1, -0.05) is 56.0 Å². The van der Waals surface area contributed by atoms with Crippen molar-refractivity contribution in [2.24, 2.45) is 4.99 Å². The lowest BCUT2D eigenvalue weighted by atomic mass is 10.2. The van der Waals surface area contributed by atoms with Gasteiger partial charge in [-0.3, -0.25) is 20.7 Å². The zero-order valence-corrected chi connectivity index (χ0v) is 14.6. The molecule has 0 aliphatic carbocycles. The Bertz CT molecular complexity index is 684. The summed E-state index contributed by atoms with van der Waals surface area (Å²) in [6, 6.07) is 19.8. The van der Waals surface area contributed by atoms with Gasteiger partial charge in [-0.2, -0.15) is 0 Å². The van der Waals surface area contributed by atoms with Crippen molar-refractivity contribution < 1.29 is 5.21 Å². The van der Waals surface area contributed by atoms with Crippen LogP contribution in [0.2, 0.25) is 0 Å². The predicted molar refractivity (Wildman–Crippen MR) is 104 cm³/mol. The van der Waals surface area contributed by atoms with Crippen molar-refractivity contribution in [1.29, 1.82) is 0 Å². The number of allylic oxidation sites excluding steroid dienone is 1. The third-order valence-electron chi connectivity index (χ3n) is 3.46. The minimum Gasteiger partial charge on any atom is -0.289 e. The van der Waals surface area contributed by atoms with Crippen molar-refractivity contribution in [2.75, 3.05) is 12.1 Å². The molecule has 5 nitrogen and oxygen atoms in total. The van der Waals surface area contributed by atoms with Crippen LogP contribution in [0.25, 0.3) is 0 Å². The van der Waals surface area contributed by atoms with E-state index >= 15 is 0 Å². The molecule has 25 heavy (non-hydrogen) atoms. The van der Waals surface area contributed by atoms with E-state index in [1.165, 1.54) is 6.20 Å². The van der Waals surface area contributed by atoms with Crippen LogP contribution in [0, 0.1) is 0 Å². The Labute approximate surface area is 149 Å². The number of nitrogens with one attached hydrogen (secondary N) is 1. The molecular weight excluding hydrogens is 312 g/mol. The number of hydrogen-bond acceptors (Lipinski definition) is 4. The summed E-state index contributed by atoms with van der Waals surface area (Å²) in [7, 11) is 1.57. The van der Waals surface area contributed by atoms with Gasteiger partial charge in [0, 0.05) is 13.2 Å². The second-order valence-electron chi connectivity index (χ2n) is 5.30. The summed E-state index contributed by atoms with van der Waals surface area (Å²) in [6.45, 7) is 5.68. The minimum absolute atomic E-state index is 0.495. The Hall–Kier alpha value is -3.05. The molecule has 0 heterocycles. The molecule has 0 saturated heterocycles. The fraction of sp³-hybridized carbons (Fsp3) is 0.150. The fourth-order valence-electron chi connectivity index (χ4n) is 2.36. The van der Waals surface area contributed by atoms with Gasteiger partial charge in [0.25, 0.3) is 0 Å². The molecule has 2 aromatic carbocycles. The number of amidine groups is 1. The van der Waals surface area contributed by atoms with Gasteiger partial charge in [-0.05, 0) is 30.7 Å². The maximum Gasteiger partial charge on any atom is 0.170 e. The van der Waals surface area contributed by atoms with Crippen molar-refractivity contribution in [3.8, 4) is 0 Å². The smallest absolute Gasteiger partial charge is 0.170 e. The molecule has 0 unspecified atom stereocenters. The first kappa shape index (κ1) is 18.3. The van der Waals surface area contributed by atoms with Crippen molar-refractivity contribution in [3.05, 3.63) is 85.2 Å². The van der Waals surface area contributed by atoms with Crippen LogP contribution >= 0.6 is 0 Å².